The molecule has 4 heteroatoms. The molecule has 1 aromatic carbocycles. The van der Waals surface area contributed by atoms with Crippen molar-refractivity contribution in [2.24, 2.45) is 0 Å². The minimum Gasteiger partial charge on any atom is -0.288 e. The Kier molecular flexibility index (Phi) is 5.00. The third-order valence-corrected chi connectivity index (χ3v) is 2.46. The fraction of sp³-hybridized carbons (Fsp3) is 0.250. The van der Waals surface area contributed by atoms with E-state index in [1.807, 2.05) is 0 Å². The van der Waals surface area contributed by atoms with Crippen LogP contribution in [0.2, 0.25) is 0 Å². The van der Waals surface area contributed by atoms with Gasteiger partial charge in [0.2, 0.25) is 0 Å². The largest absolute Gasteiger partial charge is 0.288 e. The number of carbonyl (C=O) groups excluding carboxylic acids is 1. The predicted molar refractivity (Wildman–Crippen MR) is 61.4 cm³/mol. The van der Waals surface area contributed by atoms with E-state index in [2.05, 4.69) is 11.8 Å². The molecule has 1 rings (SSSR count). The molecule has 0 heterocycles. The number of alkyl halides is 2. The van der Waals surface area contributed by atoms with Crippen molar-refractivity contribution in [1.82, 2.24) is 0 Å². The van der Waals surface area contributed by atoms with Gasteiger partial charge in [-0.15, -0.1) is 0 Å². The highest BCUT2D eigenvalue weighted by Crippen LogP contribution is 2.21. The molecule has 0 N–H and O–H groups in total. The molecule has 0 bridgehead atoms. The van der Waals surface area contributed by atoms with Crippen LogP contribution in [0.15, 0.2) is 24.3 Å². The summed E-state index contributed by atoms with van der Waals surface area (Å²) in [5, 5.41) is -0.0311. The topological polar surface area (TPSA) is 17.1 Å². The first-order valence-corrected chi connectivity index (χ1v) is 5.59. The van der Waals surface area contributed by atoms with E-state index < -0.39 is 6.43 Å². The molecular formula is C12H10F2OS. The fourth-order valence-electron chi connectivity index (χ4n) is 1.07. The second-order valence-corrected chi connectivity index (χ2v) is 4.12. The Morgan fingerprint density at radius 2 is 2.12 bits per heavy atom. The van der Waals surface area contributed by atoms with Crippen LogP contribution in [0.1, 0.15) is 24.5 Å². The highest BCUT2D eigenvalue weighted by Gasteiger charge is 2.09. The summed E-state index contributed by atoms with van der Waals surface area (Å²) >= 11 is 1.06. The van der Waals surface area contributed by atoms with Gasteiger partial charge in [-0.1, -0.05) is 41.8 Å². The third kappa shape index (κ3) is 4.03. The Labute approximate surface area is 97.2 Å². The first-order valence-electron chi connectivity index (χ1n) is 4.60. The number of hydrogen-bond donors (Lipinski definition) is 0. The van der Waals surface area contributed by atoms with Crippen molar-refractivity contribution >= 4 is 16.9 Å². The summed E-state index contributed by atoms with van der Waals surface area (Å²) in [5.41, 5.74) is 0.254. The molecule has 0 saturated heterocycles. The molecule has 0 aromatic heterocycles. The number of rotatable bonds is 2. The molecule has 0 fully saturated rings. The number of carbonyl (C=O) groups is 1. The van der Waals surface area contributed by atoms with E-state index in [0.717, 1.165) is 11.8 Å². The predicted octanol–water partition coefficient (Wildman–Crippen LogP) is 3.26. The fourth-order valence-corrected chi connectivity index (χ4v) is 1.42. The number of halogens is 2. The Balaban J connectivity index is 2.76. The molecular weight excluding hydrogens is 230 g/mol. The first-order chi connectivity index (χ1) is 7.61. The summed E-state index contributed by atoms with van der Waals surface area (Å²) < 4.78 is 25.1. The van der Waals surface area contributed by atoms with Gasteiger partial charge in [0, 0.05) is 18.1 Å². The van der Waals surface area contributed by atoms with E-state index in [4.69, 9.17) is 0 Å². The quantitative estimate of drug-likeness (QED) is 0.738. The third-order valence-electron chi connectivity index (χ3n) is 1.77. The first kappa shape index (κ1) is 12.7. The average Bonchev–Trinajstić information content (AvgIpc) is 2.24. The Morgan fingerprint density at radius 3 is 2.75 bits per heavy atom. The van der Waals surface area contributed by atoms with Crippen LogP contribution in [0, 0.1) is 11.8 Å². The van der Waals surface area contributed by atoms with Crippen LogP contribution in [-0.4, -0.2) is 10.9 Å². The zero-order valence-electron chi connectivity index (χ0n) is 8.67. The Morgan fingerprint density at radius 1 is 1.44 bits per heavy atom. The highest BCUT2D eigenvalue weighted by molar-refractivity contribution is 8.13. The van der Waals surface area contributed by atoms with Gasteiger partial charge in [-0.3, -0.25) is 4.79 Å². The molecule has 0 aliphatic heterocycles. The number of thioether (sulfide) groups is 1. The van der Waals surface area contributed by atoms with Crippen LogP contribution in [0.4, 0.5) is 8.78 Å². The molecule has 0 aliphatic rings. The summed E-state index contributed by atoms with van der Waals surface area (Å²) in [6.45, 7) is 1.44. The second kappa shape index (κ2) is 6.29. The second-order valence-electron chi connectivity index (χ2n) is 2.97. The lowest BCUT2D eigenvalue weighted by molar-refractivity contribution is -0.109. The molecule has 84 valence electrons. The summed E-state index contributed by atoms with van der Waals surface area (Å²) in [6, 6.07) is 6.12. The van der Waals surface area contributed by atoms with Crippen molar-refractivity contribution in [2.45, 2.75) is 13.3 Å². The zero-order chi connectivity index (χ0) is 12.0. The lowest BCUT2D eigenvalue weighted by Gasteiger charge is -2.01. The van der Waals surface area contributed by atoms with Gasteiger partial charge in [-0.2, -0.15) is 0 Å². The summed E-state index contributed by atoms with van der Waals surface area (Å²) in [7, 11) is 0. The minimum absolute atomic E-state index is 0.0311. The summed E-state index contributed by atoms with van der Waals surface area (Å²) in [6.07, 6.45) is -2.52. The van der Waals surface area contributed by atoms with Crippen LogP contribution in [-0.2, 0) is 4.79 Å². The van der Waals surface area contributed by atoms with Gasteiger partial charge < -0.3 is 0 Å². The SMILES string of the molecule is CC(=O)SCC#Cc1ccccc1C(F)F. The maximum Gasteiger partial charge on any atom is 0.265 e. The van der Waals surface area contributed by atoms with Crippen LogP contribution >= 0.6 is 11.8 Å². The van der Waals surface area contributed by atoms with Gasteiger partial charge in [0.15, 0.2) is 5.12 Å². The standard InChI is InChI=1S/C12H10F2OS/c1-9(15)16-8-4-6-10-5-2-3-7-11(10)12(13)14/h2-3,5,7,12H,8H2,1H3. The molecule has 0 amide bonds. The molecule has 0 spiro atoms. The van der Waals surface area contributed by atoms with Crippen LogP contribution in [0.3, 0.4) is 0 Å². The Hall–Kier alpha value is -1.34. The monoisotopic (exact) mass is 240 g/mol. The lowest BCUT2D eigenvalue weighted by Crippen LogP contribution is -1.89. The van der Waals surface area contributed by atoms with Gasteiger partial charge >= 0.3 is 0 Å². The van der Waals surface area contributed by atoms with E-state index in [9.17, 15) is 13.6 Å². The number of hydrogen-bond acceptors (Lipinski definition) is 2. The van der Waals surface area contributed by atoms with Crippen molar-refractivity contribution in [1.29, 1.82) is 0 Å². The van der Waals surface area contributed by atoms with Crippen LogP contribution in [0.5, 0.6) is 0 Å². The van der Waals surface area contributed by atoms with Gasteiger partial charge in [0.05, 0.1) is 5.75 Å². The van der Waals surface area contributed by atoms with E-state index >= 15 is 0 Å². The zero-order valence-corrected chi connectivity index (χ0v) is 9.48. The summed E-state index contributed by atoms with van der Waals surface area (Å²) in [4.78, 5) is 10.6. The van der Waals surface area contributed by atoms with E-state index in [1.165, 1.54) is 13.0 Å². The van der Waals surface area contributed by atoms with Crippen molar-refractivity contribution in [3.05, 3.63) is 35.4 Å². The molecule has 1 aromatic rings. The lowest BCUT2D eigenvalue weighted by atomic mass is 10.1. The van der Waals surface area contributed by atoms with E-state index in [-0.39, 0.29) is 10.7 Å². The van der Waals surface area contributed by atoms with Gasteiger partial charge in [-0.25, -0.2) is 8.78 Å². The van der Waals surface area contributed by atoms with Crippen molar-refractivity contribution in [2.75, 3.05) is 5.75 Å². The molecule has 0 radical (unpaired) electrons. The maximum atomic E-state index is 12.5. The molecule has 0 aliphatic carbocycles. The molecule has 0 unspecified atom stereocenters. The highest BCUT2D eigenvalue weighted by atomic mass is 32.2. The van der Waals surface area contributed by atoms with E-state index in [1.54, 1.807) is 18.2 Å². The van der Waals surface area contributed by atoms with Gasteiger partial charge in [-0.05, 0) is 6.07 Å². The van der Waals surface area contributed by atoms with E-state index in [0.29, 0.717) is 11.3 Å². The molecule has 0 atom stereocenters. The van der Waals surface area contributed by atoms with Crippen molar-refractivity contribution in [3.63, 3.8) is 0 Å². The Bertz CT molecular complexity index is 432. The molecule has 0 saturated carbocycles. The number of benzene rings is 1. The average molecular weight is 240 g/mol. The van der Waals surface area contributed by atoms with Crippen molar-refractivity contribution < 1.29 is 13.6 Å². The summed E-state index contributed by atoms with van der Waals surface area (Å²) in [5.74, 6) is 5.66. The maximum absolute atomic E-state index is 12.5. The molecule has 16 heavy (non-hydrogen) atoms. The van der Waals surface area contributed by atoms with Crippen molar-refractivity contribution in [3.8, 4) is 11.8 Å². The normalized spacial score (nSPS) is 9.75. The smallest absolute Gasteiger partial charge is 0.265 e. The van der Waals surface area contributed by atoms with Gasteiger partial charge in [0.1, 0.15) is 0 Å². The van der Waals surface area contributed by atoms with Crippen LogP contribution < -0.4 is 0 Å². The van der Waals surface area contributed by atoms with Crippen LogP contribution in [0.25, 0.3) is 0 Å². The minimum atomic E-state index is -2.52. The molecule has 1 nitrogen and oxygen atoms in total. The van der Waals surface area contributed by atoms with Gasteiger partial charge in [0.25, 0.3) is 6.43 Å².